The summed E-state index contributed by atoms with van der Waals surface area (Å²) >= 11 is 6.09. The summed E-state index contributed by atoms with van der Waals surface area (Å²) in [4.78, 5) is 4.00. The minimum atomic E-state index is -4.09. The second-order valence-corrected chi connectivity index (χ2v) is 8.75. The maximum Gasteiger partial charge on any atom is 0.266 e. The Morgan fingerprint density at radius 3 is 2.45 bits per heavy atom. The van der Waals surface area contributed by atoms with Gasteiger partial charge in [0, 0.05) is 5.56 Å². The zero-order valence-corrected chi connectivity index (χ0v) is 17.6. The minimum Gasteiger partial charge on any atom is -0.450 e. The van der Waals surface area contributed by atoms with Crippen LogP contribution >= 0.6 is 11.6 Å². The van der Waals surface area contributed by atoms with Gasteiger partial charge in [0.05, 0.1) is 11.1 Å². The Kier molecular flexibility index (Phi) is 5.55. The second kappa shape index (κ2) is 8.16. The molecule has 0 aliphatic carbocycles. The maximum atomic E-state index is 14.6. The van der Waals surface area contributed by atoms with E-state index in [9.17, 15) is 17.2 Å². The molecule has 6 nitrogen and oxygen atoms in total. The Hall–Kier alpha value is -3.17. The van der Waals surface area contributed by atoms with E-state index < -0.39 is 27.7 Å². The molecule has 10 heteroatoms. The number of guanidine groups is 1. The minimum absolute atomic E-state index is 0.141. The highest BCUT2D eigenvalue weighted by Gasteiger charge is 2.32. The molecule has 0 bridgehead atoms. The SMILES string of the molecule is CC(N=C1Nc2c(ccc(F)c2Oc2ccccc2Cl)S(=O)(=O)N1)c1ccccc1F. The van der Waals surface area contributed by atoms with Crippen molar-refractivity contribution in [2.45, 2.75) is 17.9 Å². The topological polar surface area (TPSA) is 79.8 Å². The standard InChI is InChI=1S/C21H16ClF2N3O3S/c1-12(13-6-2-4-8-15(13)23)25-21-26-19-18(31(28,29)27-21)11-10-16(24)20(19)30-17-9-5-3-7-14(17)22/h2-12H,1H3,(H2,25,26,27). The van der Waals surface area contributed by atoms with E-state index in [1.807, 2.05) is 0 Å². The third kappa shape index (κ3) is 4.19. The highest BCUT2D eigenvalue weighted by Crippen LogP contribution is 2.40. The molecule has 4 rings (SSSR count). The van der Waals surface area contributed by atoms with Crippen LogP contribution < -0.4 is 14.8 Å². The fourth-order valence-electron chi connectivity index (χ4n) is 3.08. The van der Waals surface area contributed by atoms with Crippen molar-refractivity contribution in [3.05, 3.63) is 82.9 Å². The van der Waals surface area contributed by atoms with E-state index >= 15 is 0 Å². The summed E-state index contributed by atoms with van der Waals surface area (Å²) in [5, 5.41) is 2.97. The molecule has 160 valence electrons. The molecule has 0 radical (unpaired) electrons. The summed E-state index contributed by atoms with van der Waals surface area (Å²) in [6.45, 7) is 1.60. The second-order valence-electron chi connectivity index (χ2n) is 6.69. The fraction of sp³-hybridized carbons (Fsp3) is 0.0952. The van der Waals surface area contributed by atoms with Gasteiger partial charge in [-0.1, -0.05) is 41.9 Å². The number of hydrogen-bond acceptors (Lipinski definition) is 4. The molecule has 3 aromatic rings. The normalized spacial score (nSPS) is 16.7. The molecule has 3 aromatic carbocycles. The number of ether oxygens (including phenoxy) is 1. The number of aliphatic imine (C=N–C) groups is 1. The number of nitrogens with zero attached hydrogens (tertiary/aromatic N) is 1. The average molecular weight is 464 g/mol. The highest BCUT2D eigenvalue weighted by molar-refractivity contribution is 7.90. The molecule has 0 saturated heterocycles. The molecule has 0 aromatic heterocycles. The molecule has 0 amide bonds. The Balaban J connectivity index is 1.77. The zero-order valence-electron chi connectivity index (χ0n) is 16.1. The van der Waals surface area contributed by atoms with Crippen LogP contribution in [0.1, 0.15) is 18.5 Å². The van der Waals surface area contributed by atoms with Crippen LogP contribution in [-0.4, -0.2) is 14.4 Å². The van der Waals surface area contributed by atoms with Crippen LogP contribution in [0, 0.1) is 11.6 Å². The molecule has 31 heavy (non-hydrogen) atoms. The van der Waals surface area contributed by atoms with Gasteiger partial charge in [-0.05, 0) is 37.3 Å². The lowest BCUT2D eigenvalue weighted by atomic mass is 10.1. The van der Waals surface area contributed by atoms with Crippen LogP contribution in [0.15, 0.2) is 70.6 Å². The van der Waals surface area contributed by atoms with Gasteiger partial charge in [-0.3, -0.25) is 0 Å². The first-order chi connectivity index (χ1) is 14.8. The van der Waals surface area contributed by atoms with E-state index in [-0.39, 0.29) is 38.6 Å². The number of sulfonamides is 1. The molecule has 1 unspecified atom stereocenters. The summed E-state index contributed by atoms with van der Waals surface area (Å²) < 4.78 is 62.1. The van der Waals surface area contributed by atoms with Gasteiger partial charge in [0.2, 0.25) is 5.96 Å². The van der Waals surface area contributed by atoms with Crippen molar-refractivity contribution >= 4 is 33.3 Å². The quantitative estimate of drug-likeness (QED) is 0.555. The molecule has 1 aliphatic heterocycles. The van der Waals surface area contributed by atoms with Crippen LogP contribution in [0.25, 0.3) is 0 Å². The number of benzene rings is 3. The third-order valence-electron chi connectivity index (χ3n) is 4.56. The first kappa shape index (κ1) is 21.1. The molecule has 1 aliphatic rings. The summed E-state index contributed by atoms with van der Waals surface area (Å²) in [6, 6.07) is 13.8. The molecular weight excluding hydrogens is 448 g/mol. The van der Waals surface area contributed by atoms with Gasteiger partial charge in [0.1, 0.15) is 22.1 Å². The van der Waals surface area contributed by atoms with Crippen LogP contribution in [0.2, 0.25) is 5.02 Å². The molecule has 2 N–H and O–H groups in total. The molecule has 1 atom stereocenters. The van der Waals surface area contributed by atoms with Crippen molar-refractivity contribution in [1.29, 1.82) is 0 Å². The van der Waals surface area contributed by atoms with Crippen molar-refractivity contribution in [2.75, 3.05) is 5.32 Å². The van der Waals surface area contributed by atoms with Crippen molar-refractivity contribution in [2.24, 2.45) is 4.99 Å². The summed E-state index contributed by atoms with van der Waals surface area (Å²) in [7, 11) is -4.09. The van der Waals surface area contributed by atoms with Gasteiger partial charge < -0.3 is 10.1 Å². The molecular formula is C21H16ClF2N3O3S. The smallest absolute Gasteiger partial charge is 0.266 e. The van der Waals surface area contributed by atoms with Gasteiger partial charge in [-0.2, -0.15) is 0 Å². The third-order valence-corrected chi connectivity index (χ3v) is 6.26. The zero-order chi connectivity index (χ0) is 22.2. The van der Waals surface area contributed by atoms with Crippen LogP contribution in [0.4, 0.5) is 14.5 Å². The van der Waals surface area contributed by atoms with Crippen molar-refractivity contribution in [1.82, 2.24) is 4.72 Å². The van der Waals surface area contributed by atoms with Gasteiger partial charge in [-0.15, -0.1) is 0 Å². The summed E-state index contributed by atoms with van der Waals surface area (Å²) in [6.07, 6.45) is 0. The van der Waals surface area contributed by atoms with Crippen LogP contribution in [0.5, 0.6) is 11.5 Å². The van der Waals surface area contributed by atoms with Crippen molar-refractivity contribution in [3.8, 4) is 11.5 Å². The van der Waals surface area contributed by atoms with E-state index in [2.05, 4.69) is 15.0 Å². The van der Waals surface area contributed by atoms with E-state index in [1.54, 1.807) is 37.3 Å². The van der Waals surface area contributed by atoms with E-state index in [4.69, 9.17) is 16.3 Å². The van der Waals surface area contributed by atoms with Crippen molar-refractivity contribution in [3.63, 3.8) is 0 Å². The first-order valence-corrected chi connectivity index (χ1v) is 11.0. The largest absolute Gasteiger partial charge is 0.450 e. The number of anilines is 1. The summed E-state index contributed by atoms with van der Waals surface area (Å²) in [5.41, 5.74) is 0.131. The summed E-state index contributed by atoms with van der Waals surface area (Å²) in [5.74, 6) is -1.69. The molecule has 0 spiro atoms. The lowest BCUT2D eigenvalue weighted by molar-refractivity contribution is 0.443. The lowest BCUT2D eigenvalue weighted by Gasteiger charge is -2.25. The number of halogens is 3. The van der Waals surface area contributed by atoms with Crippen LogP contribution in [-0.2, 0) is 10.0 Å². The van der Waals surface area contributed by atoms with E-state index in [1.165, 1.54) is 18.2 Å². The van der Waals surface area contributed by atoms with Crippen LogP contribution in [0.3, 0.4) is 0 Å². The number of para-hydroxylation sites is 1. The van der Waals surface area contributed by atoms with Gasteiger partial charge in [0.15, 0.2) is 11.6 Å². The number of rotatable bonds is 4. The predicted molar refractivity (Wildman–Crippen MR) is 114 cm³/mol. The Morgan fingerprint density at radius 1 is 1.00 bits per heavy atom. The predicted octanol–water partition coefficient (Wildman–Crippen LogP) is 5.23. The number of nitrogens with one attached hydrogen (secondary N) is 2. The highest BCUT2D eigenvalue weighted by atomic mass is 35.5. The molecule has 0 fully saturated rings. The molecule has 1 heterocycles. The lowest BCUT2D eigenvalue weighted by Crippen LogP contribution is -2.41. The number of hydrogen-bond donors (Lipinski definition) is 2. The maximum absolute atomic E-state index is 14.6. The average Bonchev–Trinajstić information content (AvgIpc) is 2.71. The fourth-order valence-corrected chi connectivity index (χ4v) is 4.38. The Bertz CT molecular complexity index is 1300. The van der Waals surface area contributed by atoms with Gasteiger partial charge in [-0.25, -0.2) is 26.9 Å². The monoisotopic (exact) mass is 463 g/mol. The Labute approximate surface area is 182 Å². The van der Waals surface area contributed by atoms with Crippen molar-refractivity contribution < 1.29 is 21.9 Å². The molecule has 0 saturated carbocycles. The van der Waals surface area contributed by atoms with E-state index in [0.29, 0.717) is 0 Å². The number of fused-ring (bicyclic) bond motifs is 1. The van der Waals surface area contributed by atoms with Gasteiger partial charge in [0.25, 0.3) is 10.0 Å². The van der Waals surface area contributed by atoms with E-state index in [0.717, 1.165) is 12.1 Å². The van der Waals surface area contributed by atoms with Gasteiger partial charge >= 0.3 is 0 Å². The Morgan fingerprint density at radius 2 is 1.71 bits per heavy atom. The first-order valence-electron chi connectivity index (χ1n) is 9.13.